The van der Waals surface area contributed by atoms with Gasteiger partial charge >= 0.3 is 0 Å². The van der Waals surface area contributed by atoms with E-state index >= 15 is 0 Å². The predicted octanol–water partition coefficient (Wildman–Crippen LogP) is 5.49. The Labute approximate surface area is 215 Å². The molecule has 0 unspecified atom stereocenters. The molecule has 0 aliphatic carbocycles. The second-order valence-corrected chi connectivity index (χ2v) is 9.32. The summed E-state index contributed by atoms with van der Waals surface area (Å²) in [4.78, 5) is 28.8. The average molecular weight is 487 g/mol. The van der Waals surface area contributed by atoms with E-state index < -0.39 is 6.04 Å². The molecule has 190 valence electrons. The maximum absolute atomic E-state index is 13.6. The van der Waals surface area contributed by atoms with Gasteiger partial charge in [-0.25, -0.2) is 0 Å². The van der Waals surface area contributed by atoms with Gasteiger partial charge in [-0.3, -0.25) is 9.59 Å². The van der Waals surface area contributed by atoms with Gasteiger partial charge in [0.05, 0.1) is 0 Å². The summed E-state index contributed by atoms with van der Waals surface area (Å²) in [5.41, 5.74) is 4.32. The van der Waals surface area contributed by atoms with Gasteiger partial charge < -0.3 is 15.0 Å². The van der Waals surface area contributed by atoms with Gasteiger partial charge in [0.1, 0.15) is 11.8 Å². The van der Waals surface area contributed by atoms with Crippen molar-refractivity contribution < 1.29 is 14.3 Å². The third-order valence-corrected chi connectivity index (χ3v) is 6.44. The van der Waals surface area contributed by atoms with Crippen LogP contribution in [0.5, 0.6) is 5.75 Å². The van der Waals surface area contributed by atoms with E-state index in [1.165, 1.54) is 5.56 Å². The first-order valence-corrected chi connectivity index (χ1v) is 12.8. The lowest BCUT2D eigenvalue weighted by atomic mass is 10.0. The van der Waals surface area contributed by atoms with Crippen LogP contribution in [-0.2, 0) is 29.0 Å². The Morgan fingerprint density at radius 1 is 0.861 bits per heavy atom. The van der Waals surface area contributed by atoms with Crippen LogP contribution in [0.1, 0.15) is 49.4 Å². The fourth-order valence-corrected chi connectivity index (χ4v) is 3.93. The molecule has 5 heteroatoms. The smallest absolute Gasteiger partial charge is 0.261 e. The molecule has 0 aliphatic rings. The van der Waals surface area contributed by atoms with Gasteiger partial charge in [-0.15, -0.1) is 0 Å². The number of carbonyl (C=O) groups excluding carboxylic acids is 2. The zero-order chi connectivity index (χ0) is 25.9. The molecule has 0 spiro atoms. The number of hydrogen-bond donors (Lipinski definition) is 1. The molecule has 3 aromatic carbocycles. The number of nitrogens with one attached hydrogen (secondary N) is 1. The molecule has 0 saturated heterocycles. The van der Waals surface area contributed by atoms with E-state index in [2.05, 4.69) is 12.2 Å². The molecular weight excluding hydrogens is 448 g/mol. The van der Waals surface area contributed by atoms with Gasteiger partial charge in [-0.1, -0.05) is 86.1 Å². The van der Waals surface area contributed by atoms with Crippen molar-refractivity contribution in [3.8, 4) is 5.75 Å². The molecule has 1 N–H and O–H groups in total. The van der Waals surface area contributed by atoms with E-state index in [1.807, 2.05) is 99.6 Å². The monoisotopic (exact) mass is 486 g/mol. The first-order valence-electron chi connectivity index (χ1n) is 12.8. The van der Waals surface area contributed by atoms with E-state index in [1.54, 1.807) is 4.90 Å². The third kappa shape index (κ3) is 7.98. The Morgan fingerprint density at radius 2 is 1.50 bits per heavy atom. The van der Waals surface area contributed by atoms with Crippen molar-refractivity contribution in [3.63, 3.8) is 0 Å². The SMILES string of the molecule is CCc1ccc(OCC(=O)N(Cc2ccc(C)cc2)[C@@H](Cc2ccccc2)C(=O)N[C@H](C)CC)cc1. The van der Waals surface area contributed by atoms with Crippen molar-refractivity contribution in [2.24, 2.45) is 0 Å². The molecule has 5 nitrogen and oxygen atoms in total. The van der Waals surface area contributed by atoms with E-state index in [0.717, 1.165) is 29.5 Å². The van der Waals surface area contributed by atoms with Crippen LogP contribution in [0.15, 0.2) is 78.9 Å². The average Bonchev–Trinajstić information content (AvgIpc) is 2.91. The number of nitrogens with zero attached hydrogens (tertiary/aromatic N) is 1. The Balaban J connectivity index is 1.88. The van der Waals surface area contributed by atoms with Crippen LogP contribution in [0.25, 0.3) is 0 Å². The highest BCUT2D eigenvalue weighted by Crippen LogP contribution is 2.17. The van der Waals surface area contributed by atoms with E-state index in [0.29, 0.717) is 18.7 Å². The molecule has 0 fully saturated rings. The van der Waals surface area contributed by atoms with Crippen LogP contribution in [0.2, 0.25) is 0 Å². The molecule has 0 heterocycles. The summed E-state index contributed by atoms with van der Waals surface area (Å²) in [6, 6.07) is 25.0. The molecule has 36 heavy (non-hydrogen) atoms. The number of ether oxygens (including phenoxy) is 1. The minimum Gasteiger partial charge on any atom is -0.484 e. The van der Waals surface area contributed by atoms with Crippen molar-refractivity contribution >= 4 is 11.8 Å². The van der Waals surface area contributed by atoms with Gasteiger partial charge in [0.25, 0.3) is 5.91 Å². The van der Waals surface area contributed by atoms with E-state index in [4.69, 9.17) is 4.74 Å². The van der Waals surface area contributed by atoms with Crippen molar-refractivity contribution in [1.82, 2.24) is 10.2 Å². The number of aryl methyl sites for hydroxylation is 2. The molecule has 0 radical (unpaired) electrons. The van der Waals surface area contributed by atoms with Crippen LogP contribution in [-0.4, -0.2) is 35.4 Å². The first-order chi connectivity index (χ1) is 17.4. The standard InChI is InChI=1S/C31H38N2O3/c1-5-24(4)32-31(35)29(20-26-10-8-7-9-11-26)33(21-27-14-12-23(3)13-15-27)30(34)22-36-28-18-16-25(6-2)17-19-28/h7-19,24,29H,5-6,20-22H2,1-4H3,(H,32,35)/t24-,29+/m1/s1. The number of rotatable bonds is 12. The number of carbonyl (C=O) groups is 2. The van der Waals surface area contributed by atoms with E-state index in [9.17, 15) is 9.59 Å². The summed E-state index contributed by atoms with van der Waals surface area (Å²) in [6.45, 7) is 8.32. The van der Waals surface area contributed by atoms with Gasteiger partial charge in [-0.05, 0) is 55.5 Å². The van der Waals surface area contributed by atoms with Gasteiger partial charge in [0, 0.05) is 19.0 Å². The Morgan fingerprint density at radius 3 is 2.11 bits per heavy atom. The van der Waals surface area contributed by atoms with Crippen LogP contribution in [0.4, 0.5) is 0 Å². The summed E-state index contributed by atoms with van der Waals surface area (Å²) in [7, 11) is 0. The number of hydrogen-bond acceptors (Lipinski definition) is 3. The van der Waals surface area contributed by atoms with Crippen molar-refractivity contribution in [1.29, 1.82) is 0 Å². The highest BCUT2D eigenvalue weighted by molar-refractivity contribution is 5.88. The van der Waals surface area contributed by atoms with Gasteiger partial charge in [0.2, 0.25) is 5.91 Å². The first kappa shape index (κ1) is 27.0. The topological polar surface area (TPSA) is 58.6 Å². The quantitative estimate of drug-likeness (QED) is 0.368. The summed E-state index contributed by atoms with van der Waals surface area (Å²) in [5, 5.41) is 3.09. The lowest BCUT2D eigenvalue weighted by Gasteiger charge is -2.32. The lowest BCUT2D eigenvalue weighted by Crippen LogP contribution is -2.53. The Bertz CT molecular complexity index is 1090. The molecule has 0 aromatic heterocycles. The second-order valence-electron chi connectivity index (χ2n) is 9.32. The van der Waals surface area contributed by atoms with Crippen LogP contribution in [0, 0.1) is 6.92 Å². The van der Waals surface area contributed by atoms with Crippen LogP contribution >= 0.6 is 0 Å². The highest BCUT2D eigenvalue weighted by atomic mass is 16.5. The summed E-state index contributed by atoms with van der Waals surface area (Å²) in [6.07, 6.45) is 2.18. The van der Waals surface area contributed by atoms with Crippen LogP contribution < -0.4 is 10.1 Å². The Kier molecular flexibility index (Phi) is 10.1. The normalized spacial score (nSPS) is 12.4. The maximum atomic E-state index is 13.6. The van der Waals surface area contributed by atoms with Gasteiger partial charge in [0.15, 0.2) is 6.61 Å². The van der Waals surface area contributed by atoms with Crippen LogP contribution in [0.3, 0.4) is 0 Å². The summed E-state index contributed by atoms with van der Waals surface area (Å²) < 4.78 is 5.86. The Hall–Kier alpha value is -3.60. The second kappa shape index (κ2) is 13.5. The number of amides is 2. The highest BCUT2D eigenvalue weighted by Gasteiger charge is 2.31. The molecule has 0 bridgehead atoms. The fraction of sp³-hybridized carbons (Fsp3) is 0.355. The minimum atomic E-state index is -0.665. The molecule has 2 atom stereocenters. The summed E-state index contributed by atoms with van der Waals surface area (Å²) >= 11 is 0. The fourth-order valence-electron chi connectivity index (χ4n) is 3.93. The zero-order valence-electron chi connectivity index (χ0n) is 21.9. The maximum Gasteiger partial charge on any atom is 0.261 e. The zero-order valence-corrected chi connectivity index (χ0v) is 21.9. The van der Waals surface area contributed by atoms with Crippen molar-refractivity contribution in [2.75, 3.05) is 6.61 Å². The molecule has 3 aromatic rings. The van der Waals surface area contributed by atoms with Gasteiger partial charge in [-0.2, -0.15) is 0 Å². The van der Waals surface area contributed by atoms with E-state index in [-0.39, 0.29) is 24.5 Å². The third-order valence-electron chi connectivity index (χ3n) is 6.44. The molecule has 0 aliphatic heterocycles. The number of benzene rings is 3. The minimum absolute atomic E-state index is 0.0143. The van der Waals surface area contributed by atoms with Crippen molar-refractivity contribution in [3.05, 3.63) is 101 Å². The predicted molar refractivity (Wildman–Crippen MR) is 145 cm³/mol. The lowest BCUT2D eigenvalue weighted by molar-refractivity contribution is -0.143. The summed E-state index contributed by atoms with van der Waals surface area (Å²) in [5.74, 6) is 0.260. The van der Waals surface area contributed by atoms with Crippen molar-refractivity contribution in [2.45, 2.75) is 65.6 Å². The molecule has 2 amide bonds. The molecule has 3 rings (SSSR count). The molecular formula is C31H38N2O3. The molecule has 0 saturated carbocycles. The largest absolute Gasteiger partial charge is 0.484 e.